The highest BCUT2D eigenvalue weighted by atomic mass is 32.1. The van der Waals surface area contributed by atoms with Crippen LogP contribution in [0.2, 0.25) is 0 Å². The molecule has 17 heavy (non-hydrogen) atoms. The first-order valence-electron chi connectivity index (χ1n) is 5.38. The number of hydrogen-bond donors (Lipinski definition) is 2. The van der Waals surface area contributed by atoms with Gasteiger partial charge in [0, 0.05) is 7.05 Å². The molecule has 0 unspecified atom stereocenters. The molecule has 0 saturated carbocycles. The number of hydrogen-bond acceptors (Lipinski definition) is 4. The van der Waals surface area contributed by atoms with Gasteiger partial charge < -0.3 is 10.3 Å². The Morgan fingerprint density at radius 3 is 2.76 bits per heavy atom. The van der Waals surface area contributed by atoms with Crippen molar-refractivity contribution in [1.82, 2.24) is 15.0 Å². The third-order valence-electron chi connectivity index (χ3n) is 2.61. The summed E-state index contributed by atoms with van der Waals surface area (Å²) in [7, 11) is 1.88. The Labute approximate surface area is 103 Å². The first kappa shape index (κ1) is 10.3. The molecular weight excluding hydrogens is 232 g/mol. The van der Waals surface area contributed by atoms with Crippen molar-refractivity contribution < 1.29 is 0 Å². The number of aromatic nitrogens is 3. The molecule has 0 aliphatic heterocycles. The van der Waals surface area contributed by atoms with Crippen LogP contribution < -0.4 is 5.32 Å². The van der Waals surface area contributed by atoms with Crippen molar-refractivity contribution >= 4 is 27.5 Å². The second-order valence-corrected chi connectivity index (χ2v) is 4.79. The molecule has 0 spiro atoms. The van der Waals surface area contributed by atoms with E-state index >= 15 is 0 Å². The molecule has 3 aromatic rings. The molecular formula is C12H12N4S. The van der Waals surface area contributed by atoms with Gasteiger partial charge >= 0.3 is 0 Å². The smallest absolute Gasteiger partial charge is 0.183 e. The number of benzene rings is 1. The molecule has 2 heterocycles. The molecule has 0 saturated heterocycles. The predicted octanol–water partition coefficient (Wildman–Crippen LogP) is 3.04. The van der Waals surface area contributed by atoms with Gasteiger partial charge in [0.25, 0.3) is 0 Å². The highest BCUT2D eigenvalue weighted by Gasteiger charge is 2.12. The standard InChI is InChI=1S/C12H12N4S/c1-7-10(17-12(13-2)14-7)11-15-8-5-3-4-6-9(8)16-11/h3-6H,1-2H3,(H,13,14)(H,15,16). The van der Waals surface area contributed by atoms with Crippen molar-refractivity contribution in [1.29, 1.82) is 0 Å². The van der Waals surface area contributed by atoms with Crippen LogP contribution in [-0.2, 0) is 0 Å². The van der Waals surface area contributed by atoms with Crippen molar-refractivity contribution in [3.8, 4) is 10.7 Å². The molecule has 0 fully saturated rings. The first-order valence-corrected chi connectivity index (χ1v) is 6.20. The van der Waals surface area contributed by atoms with Crippen LogP contribution in [0.5, 0.6) is 0 Å². The minimum absolute atomic E-state index is 0.891. The molecule has 0 aliphatic carbocycles. The Morgan fingerprint density at radius 2 is 2.06 bits per heavy atom. The van der Waals surface area contributed by atoms with Gasteiger partial charge in [-0.05, 0) is 19.1 Å². The minimum Gasteiger partial charge on any atom is -0.365 e. The van der Waals surface area contributed by atoms with E-state index in [9.17, 15) is 0 Å². The summed E-state index contributed by atoms with van der Waals surface area (Å²) in [6.07, 6.45) is 0. The number of rotatable bonds is 2. The van der Waals surface area contributed by atoms with Crippen LogP contribution in [0, 0.1) is 6.92 Å². The van der Waals surface area contributed by atoms with E-state index in [1.165, 1.54) is 0 Å². The average molecular weight is 244 g/mol. The van der Waals surface area contributed by atoms with Crippen LogP contribution in [-0.4, -0.2) is 22.0 Å². The maximum atomic E-state index is 4.58. The lowest BCUT2D eigenvalue weighted by Crippen LogP contribution is -1.85. The van der Waals surface area contributed by atoms with Gasteiger partial charge in [0.1, 0.15) is 0 Å². The van der Waals surface area contributed by atoms with Crippen LogP contribution in [0.25, 0.3) is 21.7 Å². The van der Waals surface area contributed by atoms with Crippen molar-refractivity contribution in [2.24, 2.45) is 0 Å². The lowest BCUT2D eigenvalue weighted by Gasteiger charge is -1.90. The van der Waals surface area contributed by atoms with E-state index in [1.54, 1.807) is 11.3 Å². The highest BCUT2D eigenvalue weighted by Crippen LogP contribution is 2.31. The normalized spacial score (nSPS) is 10.9. The zero-order valence-electron chi connectivity index (χ0n) is 9.61. The van der Waals surface area contributed by atoms with Gasteiger partial charge in [-0.2, -0.15) is 0 Å². The molecule has 86 valence electrons. The topological polar surface area (TPSA) is 53.6 Å². The first-order chi connectivity index (χ1) is 8.28. The van der Waals surface area contributed by atoms with E-state index in [1.807, 2.05) is 38.2 Å². The number of para-hydroxylation sites is 2. The van der Waals surface area contributed by atoms with E-state index in [0.29, 0.717) is 0 Å². The zero-order valence-corrected chi connectivity index (χ0v) is 10.4. The maximum absolute atomic E-state index is 4.58. The van der Waals surface area contributed by atoms with Gasteiger partial charge in [0.15, 0.2) is 11.0 Å². The Hall–Kier alpha value is -1.88. The average Bonchev–Trinajstić information content (AvgIpc) is 2.91. The van der Waals surface area contributed by atoms with Crippen molar-refractivity contribution in [2.45, 2.75) is 6.92 Å². The summed E-state index contributed by atoms with van der Waals surface area (Å²) in [5.74, 6) is 0.891. The van der Waals surface area contributed by atoms with Gasteiger partial charge in [0.05, 0.1) is 21.6 Å². The second-order valence-electron chi connectivity index (χ2n) is 3.79. The Bertz CT molecular complexity index is 635. The molecule has 1 aromatic carbocycles. The number of anilines is 1. The lowest BCUT2D eigenvalue weighted by molar-refractivity contribution is 1.23. The Kier molecular flexibility index (Phi) is 2.33. The fraction of sp³-hybridized carbons (Fsp3) is 0.167. The Balaban J connectivity index is 2.16. The van der Waals surface area contributed by atoms with Crippen molar-refractivity contribution in [3.05, 3.63) is 30.0 Å². The number of nitrogens with one attached hydrogen (secondary N) is 2. The van der Waals surface area contributed by atoms with E-state index < -0.39 is 0 Å². The van der Waals surface area contributed by atoms with Crippen LogP contribution in [0.4, 0.5) is 5.13 Å². The van der Waals surface area contributed by atoms with E-state index in [4.69, 9.17) is 0 Å². The molecule has 2 N–H and O–H groups in total. The number of fused-ring (bicyclic) bond motifs is 1. The third kappa shape index (κ3) is 1.68. The summed E-state index contributed by atoms with van der Waals surface area (Å²) in [5.41, 5.74) is 3.04. The summed E-state index contributed by atoms with van der Waals surface area (Å²) in [4.78, 5) is 13.4. The van der Waals surface area contributed by atoms with E-state index in [0.717, 1.165) is 32.6 Å². The van der Waals surface area contributed by atoms with Gasteiger partial charge in [-0.3, -0.25) is 0 Å². The van der Waals surface area contributed by atoms with Gasteiger partial charge in [0.2, 0.25) is 0 Å². The summed E-state index contributed by atoms with van der Waals surface area (Å²) >= 11 is 1.61. The molecule has 2 aromatic heterocycles. The van der Waals surface area contributed by atoms with Crippen LogP contribution in [0.3, 0.4) is 0 Å². The van der Waals surface area contributed by atoms with Crippen molar-refractivity contribution in [3.63, 3.8) is 0 Å². The summed E-state index contributed by atoms with van der Waals surface area (Å²) in [6, 6.07) is 8.03. The number of aryl methyl sites for hydroxylation is 1. The number of aromatic amines is 1. The fourth-order valence-corrected chi connectivity index (χ4v) is 2.65. The van der Waals surface area contributed by atoms with Crippen LogP contribution in [0.1, 0.15) is 5.69 Å². The molecule has 0 atom stereocenters. The zero-order chi connectivity index (χ0) is 11.8. The van der Waals surface area contributed by atoms with Crippen LogP contribution >= 0.6 is 11.3 Å². The fourth-order valence-electron chi connectivity index (χ4n) is 1.78. The van der Waals surface area contributed by atoms with Crippen LogP contribution in [0.15, 0.2) is 24.3 Å². The molecule has 0 aliphatic rings. The number of imidazole rings is 1. The second kappa shape index (κ2) is 3.85. The van der Waals surface area contributed by atoms with Crippen molar-refractivity contribution in [2.75, 3.05) is 12.4 Å². The number of nitrogens with zero attached hydrogens (tertiary/aromatic N) is 2. The predicted molar refractivity (Wildman–Crippen MR) is 71.5 cm³/mol. The molecule has 0 amide bonds. The summed E-state index contributed by atoms with van der Waals surface area (Å²) in [6.45, 7) is 2.00. The van der Waals surface area contributed by atoms with Gasteiger partial charge in [-0.15, -0.1) is 0 Å². The highest BCUT2D eigenvalue weighted by molar-refractivity contribution is 7.19. The van der Waals surface area contributed by atoms with E-state index in [2.05, 4.69) is 20.3 Å². The molecule has 5 heteroatoms. The molecule has 0 bridgehead atoms. The quantitative estimate of drug-likeness (QED) is 0.728. The van der Waals surface area contributed by atoms with Gasteiger partial charge in [-0.25, -0.2) is 9.97 Å². The SMILES string of the molecule is CNc1nc(C)c(-c2nc3ccccc3[nH]2)s1. The third-order valence-corrected chi connectivity index (χ3v) is 3.80. The molecule has 4 nitrogen and oxygen atoms in total. The minimum atomic E-state index is 0.891. The Morgan fingerprint density at radius 1 is 1.24 bits per heavy atom. The number of H-pyrrole nitrogens is 1. The van der Waals surface area contributed by atoms with Gasteiger partial charge in [-0.1, -0.05) is 23.5 Å². The monoisotopic (exact) mass is 244 g/mol. The van der Waals surface area contributed by atoms with E-state index in [-0.39, 0.29) is 0 Å². The summed E-state index contributed by atoms with van der Waals surface area (Å²) in [5, 5.41) is 3.97. The largest absolute Gasteiger partial charge is 0.365 e. The number of thiazole rings is 1. The molecule has 3 rings (SSSR count). The molecule has 0 radical (unpaired) electrons. The lowest BCUT2D eigenvalue weighted by atomic mass is 10.3. The summed E-state index contributed by atoms with van der Waals surface area (Å²) < 4.78 is 0. The maximum Gasteiger partial charge on any atom is 0.183 e.